The molecular weight excluding hydrogens is 300 g/mol. The number of carbonyl (C=O) groups excluding carboxylic acids is 1. The van der Waals surface area contributed by atoms with Crippen LogP contribution in [0.5, 0.6) is 0 Å². The number of likely N-dealkylation sites (N-methyl/N-ethyl adjacent to an activating group) is 1. The standard InChI is InChI=1S/C20H26N2O2/c1-15(2)21(3)17-11-12-22(20(23)19-10-7-13-24-19)18(17)14-16-8-5-4-6-9-16/h4-10,13,15,17-18H,11-12,14H2,1-3H3/t17-,18+/m1/s1. The lowest BCUT2D eigenvalue weighted by molar-refractivity contribution is 0.0649. The lowest BCUT2D eigenvalue weighted by Crippen LogP contribution is -2.48. The SMILES string of the molecule is CC(C)N(C)[C@@H]1CCN(C(=O)c2ccco2)[C@H]1Cc1ccccc1. The zero-order valence-corrected chi connectivity index (χ0v) is 14.7. The van der Waals surface area contributed by atoms with Crippen molar-refractivity contribution in [1.82, 2.24) is 9.80 Å². The summed E-state index contributed by atoms with van der Waals surface area (Å²) in [5, 5.41) is 0. The third-order valence-corrected chi connectivity index (χ3v) is 5.13. The van der Waals surface area contributed by atoms with Gasteiger partial charge in [0.05, 0.1) is 12.3 Å². The lowest BCUT2D eigenvalue weighted by Gasteiger charge is -2.35. The smallest absolute Gasteiger partial charge is 0.289 e. The van der Waals surface area contributed by atoms with Gasteiger partial charge in [0.1, 0.15) is 0 Å². The Hall–Kier alpha value is -2.07. The summed E-state index contributed by atoms with van der Waals surface area (Å²) in [7, 11) is 2.16. The molecule has 0 radical (unpaired) electrons. The van der Waals surface area contributed by atoms with Gasteiger partial charge in [-0.25, -0.2) is 0 Å². The molecule has 1 fully saturated rings. The van der Waals surface area contributed by atoms with Crippen LogP contribution < -0.4 is 0 Å². The van der Waals surface area contributed by atoms with E-state index in [0.717, 1.165) is 19.4 Å². The zero-order valence-electron chi connectivity index (χ0n) is 14.7. The largest absolute Gasteiger partial charge is 0.459 e. The summed E-state index contributed by atoms with van der Waals surface area (Å²) < 4.78 is 5.34. The van der Waals surface area contributed by atoms with Crippen molar-refractivity contribution in [1.29, 1.82) is 0 Å². The van der Waals surface area contributed by atoms with E-state index in [1.165, 1.54) is 5.56 Å². The zero-order chi connectivity index (χ0) is 17.1. The van der Waals surface area contributed by atoms with Crippen LogP contribution in [-0.2, 0) is 6.42 Å². The molecule has 0 spiro atoms. The highest BCUT2D eigenvalue weighted by molar-refractivity contribution is 5.92. The average Bonchev–Trinajstić information content (AvgIpc) is 3.24. The first kappa shape index (κ1) is 16.8. The highest BCUT2D eigenvalue weighted by Gasteiger charge is 2.40. The molecule has 2 aromatic rings. The second kappa shape index (κ2) is 7.22. The van der Waals surface area contributed by atoms with Crippen LogP contribution in [-0.4, -0.2) is 47.4 Å². The van der Waals surface area contributed by atoms with E-state index in [1.807, 2.05) is 11.0 Å². The van der Waals surface area contributed by atoms with Crippen LogP contribution in [0.2, 0.25) is 0 Å². The molecule has 0 N–H and O–H groups in total. The van der Waals surface area contributed by atoms with E-state index in [4.69, 9.17) is 4.42 Å². The maximum absolute atomic E-state index is 12.9. The Bertz CT molecular complexity index is 652. The van der Waals surface area contributed by atoms with Crippen LogP contribution in [0.15, 0.2) is 53.1 Å². The minimum absolute atomic E-state index is 0.000544. The molecule has 3 rings (SSSR count). The molecule has 1 amide bonds. The number of likely N-dealkylation sites (tertiary alicyclic amines) is 1. The number of amides is 1. The third kappa shape index (κ3) is 3.39. The molecule has 0 bridgehead atoms. The summed E-state index contributed by atoms with van der Waals surface area (Å²) >= 11 is 0. The predicted octanol–water partition coefficient (Wildman–Crippen LogP) is 3.45. The van der Waals surface area contributed by atoms with Crippen LogP contribution in [0.4, 0.5) is 0 Å². The number of furan rings is 1. The first-order valence-electron chi connectivity index (χ1n) is 8.68. The van der Waals surface area contributed by atoms with E-state index < -0.39 is 0 Å². The van der Waals surface area contributed by atoms with E-state index in [9.17, 15) is 4.79 Å². The lowest BCUT2D eigenvalue weighted by atomic mass is 9.98. The molecule has 128 valence electrons. The Kier molecular flexibility index (Phi) is 5.05. The maximum Gasteiger partial charge on any atom is 0.289 e. The van der Waals surface area contributed by atoms with E-state index in [0.29, 0.717) is 17.8 Å². The fourth-order valence-corrected chi connectivity index (χ4v) is 3.59. The van der Waals surface area contributed by atoms with Crippen LogP contribution in [0, 0.1) is 0 Å². The van der Waals surface area contributed by atoms with Gasteiger partial charge in [-0.05, 0) is 51.4 Å². The van der Waals surface area contributed by atoms with Gasteiger partial charge in [-0.3, -0.25) is 9.69 Å². The van der Waals surface area contributed by atoms with Crippen molar-refractivity contribution in [2.75, 3.05) is 13.6 Å². The van der Waals surface area contributed by atoms with Gasteiger partial charge in [0.15, 0.2) is 5.76 Å². The van der Waals surface area contributed by atoms with Gasteiger partial charge in [-0.2, -0.15) is 0 Å². The van der Waals surface area contributed by atoms with Gasteiger partial charge < -0.3 is 9.32 Å². The van der Waals surface area contributed by atoms with Crippen LogP contribution in [0.3, 0.4) is 0 Å². The van der Waals surface area contributed by atoms with Gasteiger partial charge in [-0.1, -0.05) is 30.3 Å². The quantitative estimate of drug-likeness (QED) is 0.844. The summed E-state index contributed by atoms with van der Waals surface area (Å²) in [6.07, 6.45) is 3.43. The van der Waals surface area contributed by atoms with Crippen molar-refractivity contribution in [2.45, 2.75) is 44.8 Å². The highest BCUT2D eigenvalue weighted by atomic mass is 16.3. The number of carbonyl (C=O) groups is 1. The molecule has 0 aliphatic carbocycles. The van der Waals surface area contributed by atoms with E-state index in [2.05, 4.69) is 50.1 Å². The van der Waals surface area contributed by atoms with E-state index in [-0.39, 0.29) is 11.9 Å². The van der Waals surface area contributed by atoms with Crippen molar-refractivity contribution >= 4 is 5.91 Å². The molecule has 24 heavy (non-hydrogen) atoms. The molecule has 0 saturated carbocycles. The van der Waals surface area contributed by atoms with Gasteiger partial charge in [-0.15, -0.1) is 0 Å². The Balaban J connectivity index is 1.86. The molecule has 1 aliphatic heterocycles. The number of rotatable bonds is 5. The fourth-order valence-electron chi connectivity index (χ4n) is 3.59. The molecule has 1 aliphatic rings. The Labute approximate surface area is 144 Å². The molecule has 1 saturated heterocycles. The molecule has 4 nitrogen and oxygen atoms in total. The molecular formula is C20H26N2O2. The van der Waals surface area contributed by atoms with Gasteiger partial charge >= 0.3 is 0 Å². The minimum atomic E-state index is 0.000544. The van der Waals surface area contributed by atoms with E-state index in [1.54, 1.807) is 18.4 Å². The number of nitrogens with zero attached hydrogens (tertiary/aromatic N) is 2. The Morgan fingerprint density at radius 3 is 2.62 bits per heavy atom. The first-order chi connectivity index (χ1) is 11.6. The predicted molar refractivity (Wildman–Crippen MR) is 95.0 cm³/mol. The molecule has 2 heterocycles. The maximum atomic E-state index is 12.9. The number of benzene rings is 1. The number of hydrogen-bond donors (Lipinski definition) is 0. The molecule has 1 aromatic heterocycles. The molecule has 4 heteroatoms. The Morgan fingerprint density at radius 2 is 2.00 bits per heavy atom. The summed E-state index contributed by atoms with van der Waals surface area (Å²) in [5.41, 5.74) is 1.27. The normalized spacial score (nSPS) is 21.0. The van der Waals surface area contributed by atoms with Crippen molar-refractivity contribution in [3.63, 3.8) is 0 Å². The third-order valence-electron chi connectivity index (χ3n) is 5.13. The Morgan fingerprint density at radius 1 is 1.25 bits per heavy atom. The van der Waals surface area contributed by atoms with E-state index >= 15 is 0 Å². The van der Waals surface area contributed by atoms with Crippen molar-refractivity contribution < 1.29 is 9.21 Å². The van der Waals surface area contributed by atoms with Crippen molar-refractivity contribution in [2.24, 2.45) is 0 Å². The summed E-state index contributed by atoms with van der Waals surface area (Å²) in [6.45, 7) is 5.19. The monoisotopic (exact) mass is 326 g/mol. The summed E-state index contributed by atoms with van der Waals surface area (Å²) in [6, 6.07) is 14.9. The molecule has 1 aromatic carbocycles. The molecule has 2 atom stereocenters. The topological polar surface area (TPSA) is 36.7 Å². The van der Waals surface area contributed by atoms with Gasteiger partial charge in [0.25, 0.3) is 5.91 Å². The fraction of sp³-hybridized carbons (Fsp3) is 0.450. The van der Waals surface area contributed by atoms with Gasteiger partial charge in [0.2, 0.25) is 0 Å². The summed E-state index contributed by atoms with van der Waals surface area (Å²) in [5.74, 6) is 0.432. The van der Waals surface area contributed by atoms with Gasteiger partial charge in [0, 0.05) is 18.6 Å². The highest BCUT2D eigenvalue weighted by Crippen LogP contribution is 2.28. The van der Waals surface area contributed by atoms with Crippen molar-refractivity contribution in [3.8, 4) is 0 Å². The second-order valence-corrected chi connectivity index (χ2v) is 6.85. The first-order valence-corrected chi connectivity index (χ1v) is 8.68. The summed E-state index contributed by atoms with van der Waals surface area (Å²) in [4.78, 5) is 17.2. The average molecular weight is 326 g/mol. The van der Waals surface area contributed by atoms with Crippen LogP contribution in [0.1, 0.15) is 36.4 Å². The van der Waals surface area contributed by atoms with Crippen LogP contribution >= 0.6 is 0 Å². The minimum Gasteiger partial charge on any atom is -0.459 e. The second-order valence-electron chi connectivity index (χ2n) is 6.85. The molecule has 0 unspecified atom stereocenters. The van der Waals surface area contributed by atoms with Crippen LogP contribution in [0.25, 0.3) is 0 Å². The number of hydrogen-bond acceptors (Lipinski definition) is 3. The van der Waals surface area contributed by atoms with Crippen molar-refractivity contribution in [3.05, 3.63) is 60.1 Å².